The number of morpholine rings is 1. The third-order valence-electron chi connectivity index (χ3n) is 3.61. The molecule has 0 radical (unpaired) electrons. The highest BCUT2D eigenvalue weighted by Crippen LogP contribution is 2.14. The Bertz CT molecular complexity index is 438. The first kappa shape index (κ1) is 15.0. The summed E-state index contributed by atoms with van der Waals surface area (Å²) in [4.78, 5) is 14.2. The first-order valence-electron chi connectivity index (χ1n) is 6.94. The van der Waals surface area contributed by atoms with Crippen molar-refractivity contribution in [2.75, 3.05) is 19.8 Å². The maximum Gasteiger partial charge on any atom is 0.240 e. The lowest BCUT2D eigenvalue weighted by atomic mass is 10.0. The molecule has 2 rings (SSSR count). The van der Waals surface area contributed by atoms with E-state index in [0.717, 1.165) is 5.56 Å². The number of aliphatic hydroxyl groups is 1. The molecule has 1 aliphatic rings. The monoisotopic (exact) mass is 278 g/mol. The molecule has 1 aliphatic heterocycles. The molecule has 1 aromatic carbocycles. The summed E-state index contributed by atoms with van der Waals surface area (Å²) < 4.78 is 5.43. The SMILES string of the molecule is CC1COC(CO)CN1C(=O)[C@@H](N)Cc1ccccc1. The molecular weight excluding hydrogens is 256 g/mol. The van der Waals surface area contributed by atoms with Crippen molar-refractivity contribution in [3.63, 3.8) is 0 Å². The van der Waals surface area contributed by atoms with Gasteiger partial charge in [0.1, 0.15) is 0 Å². The van der Waals surface area contributed by atoms with Crippen LogP contribution in [-0.4, -0.2) is 53.9 Å². The van der Waals surface area contributed by atoms with Crippen LogP contribution in [0.3, 0.4) is 0 Å². The summed E-state index contributed by atoms with van der Waals surface area (Å²) in [5.74, 6) is -0.0805. The molecule has 5 heteroatoms. The van der Waals surface area contributed by atoms with Gasteiger partial charge in [-0.15, -0.1) is 0 Å². The molecule has 1 heterocycles. The second-order valence-corrected chi connectivity index (χ2v) is 5.27. The average Bonchev–Trinajstić information content (AvgIpc) is 2.48. The van der Waals surface area contributed by atoms with Gasteiger partial charge in [-0.25, -0.2) is 0 Å². The molecule has 1 aromatic rings. The molecule has 1 saturated heterocycles. The quantitative estimate of drug-likeness (QED) is 0.823. The minimum absolute atomic E-state index is 0.00729. The number of nitrogens with two attached hydrogens (primary N) is 1. The average molecular weight is 278 g/mol. The van der Waals surface area contributed by atoms with Gasteiger partial charge in [-0.2, -0.15) is 0 Å². The molecule has 3 N–H and O–H groups in total. The first-order valence-corrected chi connectivity index (χ1v) is 6.94. The van der Waals surface area contributed by atoms with Gasteiger partial charge in [0.2, 0.25) is 5.91 Å². The number of amides is 1. The molecule has 0 saturated carbocycles. The van der Waals surface area contributed by atoms with Gasteiger partial charge in [0, 0.05) is 6.54 Å². The van der Waals surface area contributed by atoms with Crippen molar-refractivity contribution >= 4 is 5.91 Å². The van der Waals surface area contributed by atoms with Crippen LogP contribution in [0.25, 0.3) is 0 Å². The van der Waals surface area contributed by atoms with Gasteiger partial charge in [-0.1, -0.05) is 30.3 Å². The second-order valence-electron chi connectivity index (χ2n) is 5.27. The zero-order valence-corrected chi connectivity index (χ0v) is 11.7. The van der Waals surface area contributed by atoms with Gasteiger partial charge in [-0.05, 0) is 18.9 Å². The molecule has 1 amide bonds. The van der Waals surface area contributed by atoms with E-state index in [0.29, 0.717) is 19.6 Å². The van der Waals surface area contributed by atoms with E-state index in [9.17, 15) is 4.79 Å². The summed E-state index contributed by atoms with van der Waals surface area (Å²) in [6.45, 7) is 2.69. The predicted octanol–water partition coefficient (Wildman–Crippen LogP) is 0.165. The number of hydrogen-bond acceptors (Lipinski definition) is 4. The van der Waals surface area contributed by atoms with Crippen LogP contribution in [0.1, 0.15) is 12.5 Å². The van der Waals surface area contributed by atoms with Gasteiger partial charge in [0.15, 0.2) is 0 Å². The Morgan fingerprint density at radius 3 is 2.85 bits per heavy atom. The number of hydrogen-bond donors (Lipinski definition) is 2. The Balaban J connectivity index is 1.98. The first-order chi connectivity index (χ1) is 9.61. The molecule has 0 spiro atoms. The van der Waals surface area contributed by atoms with Crippen LogP contribution in [0.4, 0.5) is 0 Å². The van der Waals surface area contributed by atoms with E-state index in [1.54, 1.807) is 4.90 Å². The lowest BCUT2D eigenvalue weighted by molar-refractivity contribution is -0.147. The molecule has 5 nitrogen and oxygen atoms in total. The fourth-order valence-corrected chi connectivity index (χ4v) is 2.40. The van der Waals surface area contributed by atoms with Crippen molar-refractivity contribution in [2.24, 2.45) is 5.73 Å². The number of carbonyl (C=O) groups is 1. The van der Waals surface area contributed by atoms with Crippen LogP contribution >= 0.6 is 0 Å². The number of aliphatic hydroxyl groups excluding tert-OH is 1. The van der Waals surface area contributed by atoms with E-state index >= 15 is 0 Å². The van der Waals surface area contributed by atoms with Crippen molar-refractivity contribution in [1.29, 1.82) is 0 Å². The van der Waals surface area contributed by atoms with E-state index in [1.807, 2.05) is 37.3 Å². The van der Waals surface area contributed by atoms with Gasteiger partial charge >= 0.3 is 0 Å². The molecule has 0 aromatic heterocycles. The topological polar surface area (TPSA) is 75.8 Å². The fourth-order valence-electron chi connectivity index (χ4n) is 2.40. The Hall–Kier alpha value is -1.43. The normalized spacial score (nSPS) is 24.4. The Morgan fingerprint density at radius 1 is 1.50 bits per heavy atom. The van der Waals surface area contributed by atoms with E-state index in [1.165, 1.54) is 0 Å². The van der Waals surface area contributed by atoms with E-state index in [2.05, 4.69) is 0 Å². The lowest BCUT2D eigenvalue weighted by Crippen LogP contribution is -2.56. The van der Waals surface area contributed by atoms with E-state index < -0.39 is 6.04 Å². The van der Waals surface area contributed by atoms with Gasteiger partial charge < -0.3 is 20.5 Å². The van der Waals surface area contributed by atoms with Crippen molar-refractivity contribution in [1.82, 2.24) is 4.90 Å². The van der Waals surface area contributed by atoms with Gasteiger partial charge in [-0.3, -0.25) is 4.79 Å². The predicted molar refractivity (Wildman–Crippen MR) is 76.1 cm³/mol. The smallest absolute Gasteiger partial charge is 0.240 e. The molecule has 2 unspecified atom stereocenters. The van der Waals surface area contributed by atoms with Crippen LogP contribution in [0.2, 0.25) is 0 Å². The molecule has 110 valence electrons. The number of rotatable bonds is 4. The van der Waals surface area contributed by atoms with Gasteiger partial charge in [0.05, 0.1) is 31.4 Å². The third kappa shape index (κ3) is 3.56. The maximum atomic E-state index is 12.4. The fraction of sp³-hybridized carbons (Fsp3) is 0.533. The molecule has 20 heavy (non-hydrogen) atoms. The molecule has 1 fully saturated rings. The lowest BCUT2D eigenvalue weighted by Gasteiger charge is -2.38. The summed E-state index contributed by atoms with van der Waals surface area (Å²) >= 11 is 0. The highest BCUT2D eigenvalue weighted by Gasteiger charge is 2.31. The second kappa shape index (κ2) is 6.83. The van der Waals surface area contributed by atoms with Crippen molar-refractivity contribution in [3.8, 4) is 0 Å². The van der Waals surface area contributed by atoms with Gasteiger partial charge in [0.25, 0.3) is 0 Å². The molecule has 0 aliphatic carbocycles. The van der Waals surface area contributed by atoms with Crippen LogP contribution in [0.15, 0.2) is 30.3 Å². The third-order valence-corrected chi connectivity index (χ3v) is 3.61. The highest BCUT2D eigenvalue weighted by molar-refractivity contribution is 5.82. The largest absolute Gasteiger partial charge is 0.394 e. The van der Waals surface area contributed by atoms with Crippen LogP contribution in [0, 0.1) is 0 Å². The number of ether oxygens (including phenoxy) is 1. The number of benzene rings is 1. The van der Waals surface area contributed by atoms with Crippen molar-refractivity contribution in [2.45, 2.75) is 31.5 Å². The van der Waals surface area contributed by atoms with Crippen LogP contribution in [-0.2, 0) is 16.0 Å². The Kier molecular flexibility index (Phi) is 5.11. The van der Waals surface area contributed by atoms with Crippen LogP contribution < -0.4 is 5.73 Å². The van der Waals surface area contributed by atoms with Crippen molar-refractivity contribution in [3.05, 3.63) is 35.9 Å². The standard InChI is InChI=1S/C15H22N2O3/c1-11-10-20-13(9-18)8-17(11)15(19)14(16)7-12-5-3-2-4-6-12/h2-6,11,13-14,18H,7-10,16H2,1H3/t11?,13?,14-/m0/s1. The van der Waals surface area contributed by atoms with Crippen LogP contribution in [0.5, 0.6) is 0 Å². The molecule has 3 atom stereocenters. The summed E-state index contributed by atoms with van der Waals surface area (Å²) in [6.07, 6.45) is 0.215. The molecular formula is C15H22N2O3. The minimum Gasteiger partial charge on any atom is -0.394 e. The zero-order chi connectivity index (χ0) is 14.5. The summed E-state index contributed by atoms with van der Waals surface area (Å²) in [5.41, 5.74) is 7.08. The van der Waals surface area contributed by atoms with Crippen molar-refractivity contribution < 1.29 is 14.6 Å². The van der Waals surface area contributed by atoms with E-state index in [-0.39, 0.29) is 24.7 Å². The highest BCUT2D eigenvalue weighted by atomic mass is 16.5. The number of nitrogens with zero attached hydrogens (tertiary/aromatic N) is 1. The number of carbonyl (C=O) groups excluding carboxylic acids is 1. The molecule has 0 bridgehead atoms. The summed E-state index contributed by atoms with van der Waals surface area (Å²) in [6, 6.07) is 9.17. The zero-order valence-electron chi connectivity index (χ0n) is 11.7. The maximum absolute atomic E-state index is 12.4. The Labute approximate surface area is 119 Å². The minimum atomic E-state index is -0.558. The summed E-state index contributed by atoms with van der Waals surface area (Å²) in [5, 5.41) is 9.16. The summed E-state index contributed by atoms with van der Waals surface area (Å²) in [7, 11) is 0. The van der Waals surface area contributed by atoms with E-state index in [4.69, 9.17) is 15.6 Å². The Morgan fingerprint density at radius 2 is 2.20 bits per heavy atom.